The van der Waals surface area contributed by atoms with Crippen LogP contribution < -0.4 is 0 Å². The Morgan fingerprint density at radius 2 is 1.95 bits per heavy atom. The number of carboxylic acids is 1. The van der Waals surface area contributed by atoms with Gasteiger partial charge in [0.15, 0.2) is 0 Å². The van der Waals surface area contributed by atoms with Crippen molar-refractivity contribution >= 4 is 29.0 Å². The molecule has 0 unspecified atom stereocenters. The molecule has 2 nitrogen and oxygen atoms in total. The minimum atomic E-state index is -4.70. The van der Waals surface area contributed by atoms with Gasteiger partial charge in [-0.25, -0.2) is 9.18 Å². The van der Waals surface area contributed by atoms with Crippen molar-refractivity contribution in [3.63, 3.8) is 0 Å². The molecular weight excluding hydrogens is 308 g/mol. The predicted molar refractivity (Wildman–Crippen MR) is 71.2 cm³/mol. The zero-order valence-corrected chi connectivity index (χ0v) is 11.1. The van der Waals surface area contributed by atoms with E-state index in [4.69, 9.17) is 5.11 Å². The first kappa shape index (κ1) is 15.2. The molecule has 0 saturated carbocycles. The van der Waals surface area contributed by atoms with E-state index in [2.05, 4.69) is 0 Å². The van der Waals surface area contributed by atoms with Crippen LogP contribution in [-0.2, 0) is 11.0 Å². The molecule has 0 aliphatic rings. The summed E-state index contributed by atoms with van der Waals surface area (Å²) in [6.45, 7) is 0. The number of carboxylic acid groups (broad SMARTS) is 1. The van der Waals surface area contributed by atoms with Gasteiger partial charge in [0.05, 0.1) is 11.1 Å². The van der Waals surface area contributed by atoms with E-state index in [9.17, 15) is 22.4 Å². The van der Waals surface area contributed by atoms with Crippen LogP contribution in [0.1, 0.15) is 16.0 Å². The van der Waals surface area contributed by atoms with E-state index in [-0.39, 0.29) is 11.1 Å². The third-order valence-electron chi connectivity index (χ3n) is 2.58. The monoisotopic (exact) mass is 316 g/mol. The molecule has 0 aliphatic carbocycles. The van der Waals surface area contributed by atoms with Gasteiger partial charge in [-0.15, -0.1) is 11.3 Å². The summed E-state index contributed by atoms with van der Waals surface area (Å²) < 4.78 is 51.1. The number of aliphatic carboxylic acids is 1. The van der Waals surface area contributed by atoms with Crippen LogP contribution in [0.2, 0.25) is 0 Å². The number of hydrogen-bond donors (Lipinski definition) is 1. The summed E-state index contributed by atoms with van der Waals surface area (Å²) in [6.07, 6.45) is -3.68. The molecule has 0 spiro atoms. The molecule has 2 rings (SSSR count). The summed E-state index contributed by atoms with van der Waals surface area (Å²) in [6, 6.07) is 5.06. The molecule has 0 fully saturated rings. The SMILES string of the molecule is O=C(O)/C(=C/c1cc(F)cc(C(F)(F)F)c1)c1cccs1. The second-order valence-corrected chi connectivity index (χ2v) is 5.06. The molecule has 1 heterocycles. The molecule has 21 heavy (non-hydrogen) atoms. The molecule has 0 saturated heterocycles. The minimum absolute atomic E-state index is 0.159. The maximum Gasteiger partial charge on any atom is 0.416 e. The highest BCUT2D eigenvalue weighted by Gasteiger charge is 2.31. The maximum absolute atomic E-state index is 13.3. The van der Waals surface area contributed by atoms with Gasteiger partial charge in [-0.3, -0.25) is 0 Å². The molecule has 0 amide bonds. The van der Waals surface area contributed by atoms with E-state index >= 15 is 0 Å². The van der Waals surface area contributed by atoms with E-state index in [1.807, 2.05) is 0 Å². The van der Waals surface area contributed by atoms with Crippen LogP contribution in [0.4, 0.5) is 17.6 Å². The van der Waals surface area contributed by atoms with Gasteiger partial charge in [0.1, 0.15) is 5.82 Å². The van der Waals surface area contributed by atoms with Gasteiger partial charge in [0.25, 0.3) is 0 Å². The highest BCUT2D eigenvalue weighted by atomic mass is 32.1. The van der Waals surface area contributed by atoms with Crippen molar-refractivity contribution in [1.29, 1.82) is 0 Å². The molecule has 0 radical (unpaired) electrons. The van der Waals surface area contributed by atoms with Crippen LogP contribution in [0.15, 0.2) is 35.7 Å². The van der Waals surface area contributed by atoms with Crippen molar-refractivity contribution in [2.75, 3.05) is 0 Å². The number of hydrogen-bond acceptors (Lipinski definition) is 2. The van der Waals surface area contributed by atoms with Gasteiger partial charge in [-0.05, 0) is 41.3 Å². The van der Waals surface area contributed by atoms with Crippen molar-refractivity contribution < 1.29 is 27.5 Å². The third-order valence-corrected chi connectivity index (χ3v) is 3.48. The Labute approximate surface area is 121 Å². The van der Waals surface area contributed by atoms with Crippen LogP contribution in [0.25, 0.3) is 11.6 Å². The standard InChI is InChI=1S/C14H8F4O2S/c15-10-5-8(4-9(7-10)14(16,17)18)6-11(13(19)20)12-2-1-3-21-12/h1-7H,(H,19,20)/b11-6+. The quantitative estimate of drug-likeness (QED) is 0.667. The Bertz CT molecular complexity index is 687. The number of benzene rings is 1. The summed E-state index contributed by atoms with van der Waals surface area (Å²) in [5.74, 6) is -2.37. The highest BCUT2D eigenvalue weighted by molar-refractivity contribution is 7.11. The van der Waals surface area contributed by atoms with Crippen molar-refractivity contribution in [3.05, 3.63) is 57.5 Å². The smallest absolute Gasteiger partial charge is 0.416 e. The summed E-state index contributed by atoms with van der Waals surface area (Å²) in [5.41, 5.74) is -1.51. The second kappa shape index (κ2) is 5.69. The van der Waals surface area contributed by atoms with Crippen molar-refractivity contribution in [2.45, 2.75) is 6.18 Å². The lowest BCUT2D eigenvalue weighted by Crippen LogP contribution is -2.06. The Hall–Kier alpha value is -2.15. The van der Waals surface area contributed by atoms with Crippen LogP contribution in [0.5, 0.6) is 0 Å². The lowest BCUT2D eigenvalue weighted by Gasteiger charge is -2.08. The van der Waals surface area contributed by atoms with E-state index in [0.29, 0.717) is 17.0 Å². The van der Waals surface area contributed by atoms with Crippen molar-refractivity contribution in [1.82, 2.24) is 0 Å². The van der Waals surface area contributed by atoms with Gasteiger partial charge >= 0.3 is 12.1 Å². The number of alkyl halides is 3. The summed E-state index contributed by atoms with van der Waals surface area (Å²) in [4.78, 5) is 11.6. The maximum atomic E-state index is 13.3. The zero-order chi connectivity index (χ0) is 15.6. The van der Waals surface area contributed by atoms with Gasteiger partial charge in [-0.2, -0.15) is 13.2 Å². The van der Waals surface area contributed by atoms with E-state index in [1.165, 1.54) is 6.07 Å². The number of rotatable bonds is 3. The van der Waals surface area contributed by atoms with E-state index in [1.54, 1.807) is 11.4 Å². The fourth-order valence-corrected chi connectivity index (χ4v) is 2.43. The molecule has 1 aromatic carbocycles. The molecular formula is C14H8F4O2S. The van der Waals surface area contributed by atoms with E-state index < -0.39 is 23.5 Å². The molecule has 2 aromatic rings. The van der Waals surface area contributed by atoms with Crippen molar-refractivity contribution in [3.8, 4) is 0 Å². The number of halogens is 4. The Morgan fingerprint density at radius 1 is 1.24 bits per heavy atom. The van der Waals surface area contributed by atoms with Crippen LogP contribution >= 0.6 is 11.3 Å². The normalized spacial score (nSPS) is 12.5. The Morgan fingerprint density at radius 3 is 2.48 bits per heavy atom. The first-order chi connectivity index (χ1) is 9.77. The third kappa shape index (κ3) is 3.69. The van der Waals surface area contributed by atoms with Gasteiger partial charge in [-0.1, -0.05) is 6.07 Å². The first-order valence-corrected chi connectivity index (χ1v) is 6.52. The van der Waals surface area contributed by atoms with Crippen LogP contribution in [-0.4, -0.2) is 11.1 Å². The molecule has 0 bridgehead atoms. The Balaban J connectivity index is 2.53. The minimum Gasteiger partial charge on any atom is -0.478 e. The van der Waals surface area contributed by atoms with Gasteiger partial charge in [0.2, 0.25) is 0 Å². The first-order valence-electron chi connectivity index (χ1n) is 5.64. The fourth-order valence-electron chi connectivity index (χ4n) is 1.70. The van der Waals surface area contributed by atoms with Gasteiger partial charge in [0, 0.05) is 4.88 Å². The highest BCUT2D eigenvalue weighted by Crippen LogP contribution is 2.31. The summed E-state index contributed by atoms with van der Waals surface area (Å²) in [5, 5.41) is 10.8. The van der Waals surface area contributed by atoms with E-state index in [0.717, 1.165) is 23.5 Å². The topological polar surface area (TPSA) is 37.3 Å². The Kier molecular flexibility index (Phi) is 4.13. The number of thiophene rings is 1. The number of carbonyl (C=O) groups is 1. The predicted octanol–water partition coefficient (Wildman–Crippen LogP) is 4.53. The summed E-state index contributed by atoms with van der Waals surface area (Å²) in [7, 11) is 0. The molecule has 1 aromatic heterocycles. The van der Waals surface area contributed by atoms with Crippen LogP contribution in [0, 0.1) is 5.82 Å². The molecule has 0 aliphatic heterocycles. The molecule has 1 N–H and O–H groups in total. The lowest BCUT2D eigenvalue weighted by atomic mass is 10.1. The van der Waals surface area contributed by atoms with Gasteiger partial charge < -0.3 is 5.11 Å². The largest absolute Gasteiger partial charge is 0.478 e. The molecule has 110 valence electrons. The summed E-state index contributed by atoms with van der Waals surface area (Å²) >= 11 is 1.13. The van der Waals surface area contributed by atoms with Crippen molar-refractivity contribution in [2.24, 2.45) is 0 Å². The second-order valence-electron chi connectivity index (χ2n) is 4.11. The lowest BCUT2D eigenvalue weighted by molar-refractivity contribution is -0.137. The molecule has 7 heteroatoms. The average molecular weight is 316 g/mol. The van der Waals surface area contributed by atoms with Crippen LogP contribution in [0.3, 0.4) is 0 Å². The zero-order valence-electron chi connectivity index (χ0n) is 10.3. The fraction of sp³-hybridized carbons (Fsp3) is 0.0714. The average Bonchev–Trinajstić information content (AvgIpc) is 2.87. The molecule has 0 atom stereocenters.